The van der Waals surface area contributed by atoms with E-state index < -0.39 is 5.91 Å². The molecule has 0 saturated heterocycles. The number of nitrogens with two attached hydrogens (primary N) is 1. The number of carbonyl (C=O) groups is 2. The highest BCUT2D eigenvalue weighted by atomic mass is 35.5. The van der Waals surface area contributed by atoms with Gasteiger partial charge in [0.25, 0.3) is 11.8 Å². The highest BCUT2D eigenvalue weighted by Gasteiger charge is 2.20. The monoisotopic (exact) mass is 359 g/mol. The van der Waals surface area contributed by atoms with Gasteiger partial charge in [0.2, 0.25) is 0 Å². The van der Waals surface area contributed by atoms with Crippen molar-refractivity contribution in [2.75, 3.05) is 0 Å². The second kappa shape index (κ2) is 6.25. The maximum Gasteiger partial charge on any atom is 0.284 e. The molecule has 0 aliphatic carbocycles. The summed E-state index contributed by atoms with van der Waals surface area (Å²) in [5, 5.41) is 4.46. The Kier molecular flexibility index (Phi) is 4.26. The molecule has 2 aromatic heterocycles. The number of fused-ring (bicyclic) bond motifs is 1. The molecule has 25 heavy (non-hydrogen) atoms. The lowest BCUT2D eigenvalue weighted by atomic mass is 10.2. The molecule has 0 bridgehead atoms. The standard InChI is InChI=1S/C17H18ClN5O2/c1-9(14-8-20-16(15(19)24)23(14)3)21-17(25)13-6-10-4-5-11(18)7-12(10)22(13)2/h4-9H,1-3H3,(H2,19,24)(H,21,25). The first-order valence-corrected chi connectivity index (χ1v) is 8.04. The van der Waals surface area contributed by atoms with Crippen LogP contribution in [0, 0.1) is 0 Å². The molecule has 130 valence electrons. The summed E-state index contributed by atoms with van der Waals surface area (Å²) in [6, 6.07) is 6.94. The Bertz CT molecular complexity index is 988. The molecule has 1 unspecified atom stereocenters. The van der Waals surface area contributed by atoms with Crippen LogP contribution in [0.25, 0.3) is 10.9 Å². The van der Waals surface area contributed by atoms with Crippen molar-refractivity contribution in [1.82, 2.24) is 19.4 Å². The zero-order chi connectivity index (χ0) is 18.3. The van der Waals surface area contributed by atoms with Crippen LogP contribution in [0.4, 0.5) is 0 Å². The molecule has 3 rings (SSSR count). The fourth-order valence-corrected chi connectivity index (χ4v) is 3.09. The molecule has 7 nitrogen and oxygen atoms in total. The Hall–Kier alpha value is -2.80. The Morgan fingerprint density at radius 1 is 1.24 bits per heavy atom. The Balaban J connectivity index is 1.87. The van der Waals surface area contributed by atoms with Gasteiger partial charge in [0.05, 0.1) is 17.9 Å². The van der Waals surface area contributed by atoms with Crippen LogP contribution in [0.1, 0.15) is 39.8 Å². The zero-order valence-electron chi connectivity index (χ0n) is 14.1. The van der Waals surface area contributed by atoms with Gasteiger partial charge in [-0.1, -0.05) is 17.7 Å². The van der Waals surface area contributed by atoms with E-state index in [1.54, 1.807) is 22.2 Å². The zero-order valence-corrected chi connectivity index (χ0v) is 14.8. The molecule has 0 aliphatic heterocycles. The topological polar surface area (TPSA) is 94.9 Å². The van der Waals surface area contributed by atoms with Crippen molar-refractivity contribution >= 4 is 34.3 Å². The second-order valence-electron chi connectivity index (χ2n) is 5.92. The van der Waals surface area contributed by atoms with Crippen LogP contribution in [-0.2, 0) is 14.1 Å². The summed E-state index contributed by atoms with van der Waals surface area (Å²) in [6.07, 6.45) is 1.53. The van der Waals surface area contributed by atoms with E-state index >= 15 is 0 Å². The third kappa shape index (κ3) is 2.98. The predicted molar refractivity (Wildman–Crippen MR) is 95.5 cm³/mol. The van der Waals surface area contributed by atoms with Crippen molar-refractivity contribution in [2.45, 2.75) is 13.0 Å². The largest absolute Gasteiger partial charge is 0.363 e. The average molecular weight is 360 g/mol. The lowest BCUT2D eigenvalue weighted by Gasteiger charge is -2.15. The van der Waals surface area contributed by atoms with Crippen LogP contribution in [-0.4, -0.2) is 25.9 Å². The van der Waals surface area contributed by atoms with Gasteiger partial charge < -0.3 is 20.2 Å². The predicted octanol–water partition coefficient (Wildman–Crippen LogP) is 2.16. The van der Waals surface area contributed by atoms with Crippen LogP contribution in [0.3, 0.4) is 0 Å². The van der Waals surface area contributed by atoms with E-state index in [4.69, 9.17) is 17.3 Å². The molecule has 0 radical (unpaired) electrons. The maximum atomic E-state index is 12.7. The highest BCUT2D eigenvalue weighted by molar-refractivity contribution is 6.31. The first kappa shape index (κ1) is 17.0. The number of hydrogen-bond acceptors (Lipinski definition) is 3. The van der Waals surface area contributed by atoms with Gasteiger partial charge in [0.1, 0.15) is 5.69 Å². The normalized spacial score (nSPS) is 12.3. The molecule has 8 heteroatoms. The summed E-state index contributed by atoms with van der Waals surface area (Å²) in [5.74, 6) is -0.697. The van der Waals surface area contributed by atoms with Crippen molar-refractivity contribution in [1.29, 1.82) is 0 Å². The number of nitrogens with one attached hydrogen (secondary N) is 1. The van der Waals surface area contributed by atoms with Crippen LogP contribution in [0.5, 0.6) is 0 Å². The molecule has 3 aromatic rings. The first-order chi connectivity index (χ1) is 11.8. The maximum absolute atomic E-state index is 12.7. The van der Waals surface area contributed by atoms with Gasteiger partial charge in [-0.2, -0.15) is 0 Å². The molecule has 1 aromatic carbocycles. The van der Waals surface area contributed by atoms with Crippen molar-refractivity contribution in [3.05, 3.63) is 52.7 Å². The third-order valence-electron chi connectivity index (χ3n) is 4.28. The summed E-state index contributed by atoms with van der Waals surface area (Å²) >= 11 is 6.03. The Labute approximate surface area is 149 Å². The smallest absolute Gasteiger partial charge is 0.284 e. The van der Waals surface area contributed by atoms with Crippen molar-refractivity contribution < 1.29 is 9.59 Å². The molecule has 1 atom stereocenters. The SMILES string of the molecule is CC(NC(=O)c1cc2ccc(Cl)cc2n1C)c1cnc(C(N)=O)n1C. The molecule has 0 saturated carbocycles. The van der Waals surface area contributed by atoms with E-state index in [-0.39, 0.29) is 17.8 Å². The van der Waals surface area contributed by atoms with Gasteiger partial charge in [-0.25, -0.2) is 4.98 Å². The molecular weight excluding hydrogens is 342 g/mol. The van der Waals surface area contributed by atoms with Gasteiger partial charge in [0.15, 0.2) is 5.82 Å². The quantitative estimate of drug-likeness (QED) is 0.747. The molecule has 0 spiro atoms. The van der Waals surface area contributed by atoms with E-state index in [0.717, 1.165) is 10.9 Å². The number of carbonyl (C=O) groups excluding carboxylic acids is 2. The van der Waals surface area contributed by atoms with Gasteiger partial charge in [-0.05, 0) is 25.1 Å². The molecule has 0 aliphatic rings. The molecular formula is C17H18ClN5O2. The van der Waals surface area contributed by atoms with Crippen LogP contribution in [0.2, 0.25) is 5.02 Å². The van der Waals surface area contributed by atoms with Crippen LogP contribution in [0.15, 0.2) is 30.5 Å². The summed E-state index contributed by atoms with van der Waals surface area (Å²) in [7, 11) is 3.50. The van der Waals surface area contributed by atoms with E-state index in [0.29, 0.717) is 16.4 Å². The molecule has 3 N–H and O–H groups in total. The number of amides is 2. The number of primary amides is 1. The second-order valence-corrected chi connectivity index (χ2v) is 6.35. The van der Waals surface area contributed by atoms with E-state index in [1.807, 2.05) is 32.2 Å². The van der Waals surface area contributed by atoms with Crippen molar-refractivity contribution in [3.8, 4) is 0 Å². The number of aryl methyl sites for hydroxylation is 1. The van der Waals surface area contributed by atoms with E-state index in [1.165, 1.54) is 6.20 Å². The number of imidazole rings is 1. The van der Waals surface area contributed by atoms with Crippen LogP contribution < -0.4 is 11.1 Å². The highest BCUT2D eigenvalue weighted by Crippen LogP contribution is 2.23. The number of aromatic nitrogens is 3. The van der Waals surface area contributed by atoms with Crippen molar-refractivity contribution in [2.24, 2.45) is 19.8 Å². The van der Waals surface area contributed by atoms with Gasteiger partial charge >= 0.3 is 0 Å². The summed E-state index contributed by atoms with van der Waals surface area (Å²) in [5.41, 5.74) is 7.35. The van der Waals surface area contributed by atoms with Gasteiger partial charge in [-0.15, -0.1) is 0 Å². The third-order valence-corrected chi connectivity index (χ3v) is 4.51. The minimum Gasteiger partial charge on any atom is -0.363 e. The van der Waals surface area contributed by atoms with Crippen LogP contribution >= 0.6 is 11.6 Å². The lowest BCUT2D eigenvalue weighted by molar-refractivity contribution is 0.0930. The Morgan fingerprint density at radius 3 is 2.60 bits per heavy atom. The minimum atomic E-state index is -0.613. The fraction of sp³-hybridized carbons (Fsp3) is 0.235. The fourth-order valence-electron chi connectivity index (χ4n) is 2.92. The lowest BCUT2D eigenvalue weighted by Crippen LogP contribution is -2.29. The summed E-state index contributed by atoms with van der Waals surface area (Å²) in [6.45, 7) is 1.82. The number of halogens is 1. The summed E-state index contributed by atoms with van der Waals surface area (Å²) < 4.78 is 3.37. The van der Waals surface area contributed by atoms with Crippen molar-refractivity contribution in [3.63, 3.8) is 0 Å². The number of nitrogens with zero attached hydrogens (tertiary/aromatic N) is 3. The Morgan fingerprint density at radius 2 is 1.96 bits per heavy atom. The molecule has 2 amide bonds. The first-order valence-electron chi connectivity index (χ1n) is 7.67. The molecule has 0 fully saturated rings. The number of hydrogen-bond donors (Lipinski definition) is 2. The van der Waals surface area contributed by atoms with E-state index in [9.17, 15) is 9.59 Å². The molecule has 2 heterocycles. The van der Waals surface area contributed by atoms with E-state index in [2.05, 4.69) is 10.3 Å². The summed E-state index contributed by atoms with van der Waals surface area (Å²) in [4.78, 5) is 28.0. The number of rotatable bonds is 4. The van der Waals surface area contributed by atoms with Gasteiger partial charge in [-0.3, -0.25) is 9.59 Å². The van der Waals surface area contributed by atoms with Gasteiger partial charge in [0, 0.05) is 30.0 Å². The number of benzene rings is 1. The minimum absolute atomic E-state index is 0.148. The average Bonchev–Trinajstić information content (AvgIpc) is 3.08.